The van der Waals surface area contributed by atoms with E-state index in [1.54, 1.807) is 12.1 Å². The van der Waals surface area contributed by atoms with Gasteiger partial charge in [0.2, 0.25) is 10.0 Å². The number of carbonyl (C=O) groups excluding carboxylic acids is 1. The van der Waals surface area contributed by atoms with Gasteiger partial charge in [0, 0.05) is 4.47 Å². The van der Waals surface area contributed by atoms with Crippen molar-refractivity contribution in [1.29, 1.82) is 0 Å². The molecule has 0 spiro atoms. The number of esters is 1. The Hall–Kier alpha value is -1.70. The van der Waals surface area contributed by atoms with Crippen molar-refractivity contribution in [3.8, 4) is 0 Å². The van der Waals surface area contributed by atoms with Gasteiger partial charge in [0.15, 0.2) is 0 Å². The molecule has 1 atom stereocenters. The van der Waals surface area contributed by atoms with Crippen molar-refractivity contribution in [3.63, 3.8) is 0 Å². The summed E-state index contributed by atoms with van der Waals surface area (Å²) in [5.41, 5.74) is 0.833. The number of halogens is 1. The van der Waals surface area contributed by atoms with E-state index in [9.17, 15) is 13.2 Å². The number of methoxy groups -OCH3 is 1. The lowest BCUT2D eigenvalue weighted by Gasteiger charge is -2.17. The lowest BCUT2D eigenvalue weighted by Crippen LogP contribution is -2.42. The quantitative estimate of drug-likeness (QED) is 0.689. The topological polar surface area (TPSA) is 72.5 Å². The second-order valence-corrected chi connectivity index (χ2v) is 8.18. The zero-order chi connectivity index (χ0) is 19.6. The maximum Gasteiger partial charge on any atom is 0.324 e. The van der Waals surface area contributed by atoms with Gasteiger partial charge in [0.05, 0.1) is 12.0 Å². The molecule has 0 amide bonds. The second kappa shape index (κ2) is 11.1. The van der Waals surface area contributed by atoms with Crippen molar-refractivity contribution in [2.24, 2.45) is 0 Å². The molecule has 0 aliphatic carbocycles. The molecule has 0 aliphatic rings. The summed E-state index contributed by atoms with van der Waals surface area (Å²) in [7, 11) is -2.61. The van der Waals surface area contributed by atoms with Crippen LogP contribution in [-0.4, -0.2) is 27.5 Å². The van der Waals surface area contributed by atoms with Crippen molar-refractivity contribution < 1.29 is 17.9 Å². The van der Waals surface area contributed by atoms with E-state index < -0.39 is 22.0 Å². The number of carbonyl (C=O) groups is 1. The minimum absolute atomic E-state index is 0.0776. The smallest absolute Gasteiger partial charge is 0.324 e. The number of ether oxygens (including phenoxy) is 1. The Balaban J connectivity index is 0.00000105. The molecule has 0 saturated heterocycles. The number of sulfonamides is 1. The number of hydrogen-bond acceptors (Lipinski definition) is 4. The van der Waals surface area contributed by atoms with Crippen LogP contribution in [0.5, 0.6) is 0 Å². The maximum absolute atomic E-state index is 12.5. The summed E-state index contributed by atoms with van der Waals surface area (Å²) in [6.45, 7) is 4.25. The Bertz CT molecular complexity index is 794. The molecular weight excluding hydrogens is 418 g/mol. The molecule has 1 unspecified atom stereocenters. The van der Waals surface area contributed by atoms with Crippen molar-refractivity contribution >= 4 is 31.9 Å². The number of hydrogen-bond donors (Lipinski definition) is 1. The first-order chi connectivity index (χ1) is 12.3. The molecule has 2 rings (SSSR count). The average Bonchev–Trinajstić information content (AvgIpc) is 2.62. The van der Waals surface area contributed by atoms with Crippen molar-refractivity contribution in [1.82, 2.24) is 4.72 Å². The van der Waals surface area contributed by atoms with Crippen LogP contribution in [-0.2, 0) is 26.0 Å². The molecule has 2 aromatic rings. The fraction of sp³-hybridized carbons (Fsp3) is 0.316. The molecule has 26 heavy (non-hydrogen) atoms. The van der Waals surface area contributed by atoms with E-state index in [1.807, 2.05) is 30.3 Å². The molecule has 0 aliphatic heterocycles. The van der Waals surface area contributed by atoms with E-state index in [0.717, 1.165) is 5.56 Å². The van der Waals surface area contributed by atoms with Gasteiger partial charge in [-0.15, -0.1) is 0 Å². The van der Waals surface area contributed by atoms with Gasteiger partial charge in [-0.25, -0.2) is 8.42 Å². The molecule has 1 N–H and O–H groups in total. The van der Waals surface area contributed by atoms with Gasteiger partial charge < -0.3 is 4.74 Å². The van der Waals surface area contributed by atoms with E-state index in [2.05, 4.69) is 34.5 Å². The molecule has 0 fully saturated rings. The third kappa shape index (κ3) is 7.27. The predicted molar refractivity (Wildman–Crippen MR) is 106 cm³/mol. The first kappa shape index (κ1) is 22.3. The number of nitrogens with one attached hydrogen (secondary N) is 1. The molecule has 0 aromatic heterocycles. The van der Waals surface area contributed by atoms with Crippen LogP contribution in [0.15, 0.2) is 64.0 Å². The minimum Gasteiger partial charge on any atom is -0.468 e. The summed E-state index contributed by atoms with van der Waals surface area (Å²) in [6, 6.07) is 14.4. The zero-order valence-corrected chi connectivity index (χ0v) is 17.5. The van der Waals surface area contributed by atoms with E-state index in [0.29, 0.717) is 4.47 Å². The Morgan fingerprint density at radius 1 is 1.12 bits per heavy atom. The third-order valence-electron chi connectivity index (χ3n) is 3.17. The van der Waals surface area contributed by atoms with Crippen LogP contribution in [0.25, 0.3) is 0 Å². The Morgan fingerprint density at radius 3 is 2.27 bits per heavy atom. The SMILES string of the molecule is CCC.COC(=O)C(Cc1ccccc1)NS(=O)(=O)c1cccc(Br)c1. The van der Waals surface area contributed by atoms with E-state index in [4.69, 9.17) is 4.74 Å². The first-order valence-electron chi connectivity index (χ1n) is 8.23. The molecule has 0 radical (unpaired) electrons. The van der Waals surface area contributed by atoms with Crippen LogP contribution in [0.3, 0.4) is 0 Å². The van der Waals surface area contributed by atoms with Gasteiger partial charge in [-0.3, -0.25) is 4.79 Å². The molecule has 0 bridgehead atoms. The summed E-state index contributed by atoms with van der Waals surface area (Å²) < 4.78 is 32.7. The molecule has 0 heterocycles. The highest BCUT2D eigenvalue weighted by Gasteiger charge is 2.26. The van der Waals surface area contributed by atoms with E-state index in [-0.39, 0.29) is 11.3 Å². The largest absolute Gasteiger partial charge is 0.468 e. The van der Waals surface area contributed by atoms with Gasteiger partial charge in [-0.1, -0.05) is 72.6 Å². The standard InChI is InChI=1S/C16H16BrNO4S.C3H8/c1-22-16(19)15(10-12-6-3-2-4-7-12)18-23(20,21)14-9-5-8-13(17)11-14;1-3-2/h2-9,11,15,18H,10H2,1H3;3H2,1-2H3. The third-order valence-corrected chi connectivity index (χ3v) is 5.13. The highest BCUT2D eigenvalue weighted by molar-refractivity contribution is 9.10. The summed E-state index contributed by atoms with van der Waals surface area (Å²) in [5, 5.41) is 0. The van der Waals surface area contributed by atoms with Crippen molar-refractivity contribution in [2.45, 2.75) is 37.6 Å². The Kier molecular flexibility index (Phi) is 9.54. The van der Waals surface area contributed by atoms with Crippen LogP contribution >= 0.6 is 15.9 Å². The first-order valence-corrected chi connectivity index (χ1v) is 10.5. The maximum atomic E-state index is 12.5. The Labute approximate surface area is 164 Å². The van der Waals surface area contributed by atoms with Crippen LogP contribution in [0, 0.1) is 0 Å². The van der Waals surface area contributed by atoms with Gasteiger partial charge in [-0.2, -0.15) is 4.72 Å². The van der Waals surface area contributed by atoms with Crippen molar-refractivity contribution in [2.75, 3.05) is 7.11 Å². The second-order valence-electron chi connectivity index (χ2n) is 5.55. The summed E-state index contributed by atoms with van der Waals surface area (Å²) in [5.74, 6) is -0.632. The fourth-order valence-electron chi connectivity index (χ4n) is 2.05. The Morgan fingerprint density at radius 2 is 1.73 bits per heavy atom. The number of rotatable bonds is 6. The molecular formula is C19H24BrNO4S. The van der Waals surface area contributed by atoms with Crippen LogP contribution < -0.4 is 4.72 Å². The molecule has 2 aromatic carbocycles. The molecule has 5 nitrogen and oxygen atoms in total. The van der Waals surface area contributed by atoms with Crippen LogP contribution in [0.1, 0.15) is 25.8 Å². The summed E-state index contributed by atoms with van der Waals surface area (Å²) in [4.78, 5) is 12.0. The number of benzene rings is 2. The van der Waals surface area contributed by atoms with E-state index in [1.165, 1.54) is 25.7 Å². The highest BCUT2D eigenvalue weighted by atomic mass is 79.9. The summed E-state index contributed by atoms with van der Waals surface area (Å²) >= 11 is 3.23. The lowest BCUT2D eigenvalue weighted by molar-refractivity contribution is -0.142. The van der Waals surface area contributed by atoms with Crippen LogP contribution in [0.2, 0.25) is 0 Å². The highest BCUT2D eigenvalue weighted by Crippen LogP contribution is 2.17. The normalized spacial score (nSPS) is 11.8. The summed E-state index contributed by atoms with van der Waals surface area (Å²) in [6.07, 6.45) is 1.46. The zero-order valence-electron chi connectivity index (χ0n) is 15.1. The monoisotopic (exact) mass is 441 g/mol. The van der Waals surface area contributed by atoms with Gasteiger partial charge >= 0.3 is 5.97 Å². The average molecular weight is 442 g/mol. The minimum atomic E-state index is -3.84. The van der Waals surface area contributed by atoms with Gasteiger partial charge in [-0.05, 0) is 30.2 Å². The van der Waals surface area contributed by atoms with Crippen molar-refractivity contribution in [3.05, 3.63) is 64.6 Å². The molecule has 0 saturated carbocycles. The van der Waals surface area contributed by atoms with Crippen LogP contribution in [0.4, 0.5) is 0 Å². The predicted octanol–water partition coefficient (Wildman–Crippen LogP) is 3.93. The van der Waals surface area contributed by atoms with Gasteiger partial charge in [0.1, 0.15) is 6.04 Å². The van der Waals surface area contributed by atoms with Gasteiger partial charge in [0.25, 0.3) is 0 Å². The fourth-order valence-corrected chi connectivity index (χ4v) is 3.84. The lowest BCUT2D eigenvalue weighted by atomic mass is 10.1. The van der Waals surface area contributed by atoms with E-state index >= 15 is 0 Å². The molecule has 142 valence electrons. The molecule has 7 heteroatoms.